The van der Waals surface area contributed by atoms with Crippen molar-refractivity contribution < 1.29 is 9.53 Å². The summed E-state index contributed by atoms with van der Waals surface area (Å²) in [6.45, 7) is 4.49. The third-order valence-electron chi connectivity index (χ3n) is 3.77. The van der Waals surface area contributed by atoms with Gasteiger partial charge in [0, 0.05) is 11.3 Å². The topological polar surface area (TPSA) is 75.6 Å². The Balaban J connectivity index is 1.62. The Bertz CT molecular complexity index is 986. The monoisotopic (exact) mass is 414 g/mol. The van der Waals surface area contributed by atoms with Crippen LogP contribution >= 0.6 is 22.9 Å². The summed E-state index contributed by atoms with van der Waals surface area (Å²) in [4.78, 5) is 17.1. The van der Waals surface area contributed by atoms with Crippen molar-refractivity contribution in [2.45, 2.75) is 13.8 Å². The fourth-order valence-corrected chi connectivity index (χ4v) is 3.40. The number of hydrazone groups is 1. The molecular weight excluding hydrogens is 396 g/mol. The van der Waals surface area contributed by atoms with E-state index in [1.165, 1.54) is 17.6 Å². The number of benzene rings is 2. The highest BCUT2D eigenvalue weighted by Crippen LogP contribution is 2.29. The number of aromatic nitrogens is 1. The first kappa shape index (κ1) is 19.9. The van der Waals surface area contributed by atoms with Gasteiger partial charge in [-0.15, -0.1) is 0 Å². The van der Waals surface area contributed by atoms with Crippen molar-refractivity contribution >= 4 is 45.9 Å². The van der Waals surface area contributed by atoms with Crippen LogP contribution in [0.25, 0.3) is 0 Å². The number of halogens is 1. The predicted molar refractivity (Wildman–Crippen MR) is 114 cm³/mol. The van der Waals surface area contributed by atoms with Crippen molar-refractivity contribution in [2.75, 3.05) is 11.9 Å². The van der Waals surface area contributed by atoms with E-state index in [4.69, 9.17) is 16.3 Å². The average molecular weight is 415 g/mol. The Morgan fingerprint density at radius 1 is 1.25 bits per heavy atom. The lowest BCUT2D eigenvalue weighted by Crippen LogP contribution is -2.17. The third kappa shape index (κ3) is 5.09. The van der Waals surface area contributed by atoms with E-state index in [1.54, 1.807) is 24.3 Å². The molecule has 6 nitrogen and oxygen atoms in total. The lowest BCUT2D eigenvalue weighted by atomic mass is 10.2. The second kappa shape index (κ2) is 9.34. The molecule has 1 aromatic heterocycles. The van der Waals surface area contributed by atoms with E-state index < -0.39 is 0 Å². The number of nitrogens with one attached hydrogen (secondary N) is 2. The molecule has 0 aliphatic rings. The largest absolute Gasteiger partial charge is 0.494 e. The fourth-order valence-electron chi connectivity index (χ4n) is 2.36. The Labute approximate surface area is 172 Å². The molecule has 0 spiro atoms. The van der Waals surface area contributed by atoms with Crippen molar-refractivity contribution in [2.24, 2.45) is 5.10 Å². The Hall–Kier alpha value is -2.90. The summed E-state index contributed by atoms with van der Waals surface area (Å²) < 4.78 is 5.36. The van der Waals surface area contributed by atoms with Gasteiger partial charge in [0.05, 0.1) is 17.7 Å². The molecule has 0 aliphatic carbocycles. The molecule has 1 amide bonds. The average Bonchev–Trinajstić information content (AvgIpc) is 3.03. The SMILES string of the molecule is CCOc1ccc(C(=O)N/N=C/c2sc(Nc3ccccc3C)nc2Cl)cc1. The zero-order valence-electron chi connectivity index (χ0n) is 15.4. The van der Waals surface area contributed by atoms with E-state index in [9.17, 15) is 4.79 Å². The molecule has 0 saturated heterocycles. The minimum atomic E-state index is -0.321. The normalized spacial score (nSPS) is 10.8. The van der Waals surface area contributed by atoms with Crippen molar-refractivity contribution in [1.29, 1.82) is 0 Å². The number of carbonyl (C=O) groups excluding carboxylic acids is 1. The lowest BCUT2D eigenvalue weighted by molar-refractivity contribution is 0.0955. The third-order valence-corrected chi connectivity index (χ3v) is 5.08. The van der Waals surface area contributed by atoms with E-state index >= 15 is 0 Å². The molecule has 144 valence electrons. The summed E-state index contributed by atoms with van der Waals surface area (Å²) in [5.74, 6) is 0.394. The van der Waals surface area contributed by atoms with Crippen LogP contribution in [0, 0.1) is 6.92 Å². The van der Waals surface area contributed by atoms with Crippen LogP contribution in [0.5, 0.6) is 5.75 Å². The van der Waals surface area contributed by atoms with Crippen LogP contribution in [0.4, 0.5) is 10.8 Å². The van der Waals surface area contributed by atoms with Crippen molar-refractivity contribution in [3.63, 3.8) is 0 Å². The van der Waals surface area contributed by atoms with Gasteiger partial charge in [0.1, 0.15) is 5.75 Å². The number of hydrogen-bond acceptors (Lipinski definition) is 6. The smallest absolute Gasteiger partial charge is 0.271 e. The summed E-state index contributed by atoms with van der Waals surface area (Å²) in [6, 6.07) is 14.7. The highest BCUT2D eigenvalue weighted by molar-refractivity contribution is 7.17. The van der Waals surface area contributed by atoms with Gasteiger partial charge in [-0.3, -0.25) is 4.79 Å². The quantitative estimate of drug-likeness (QED) is 0.421. The predicted octanol–water partition coefficient (Wildman–Crippen LogP) is 5.01. The van der Waals surface area contributed by atoms with Gasteiger partial charge >= 0.3 is 0 Å². The van der Waals surface area contributed by atoms with Crippen molar-refractivity contribution in [3.05, 3.63) is 69.7 Å². The molecule has 0 saturated carbocycles. The number of hydrogen-bond donors (Lipinski definition) is 2. The molecule has 2 aromatic carbocycles. The zero-order valence-corrected chi connectivity index (χ0v) is 17.0. The van der Waals surface area contributed by atoms with E-state index in [1.807, 2.05) is 38.1 Å². The Kier molecular flexibility index (Phi) is 6.62. The zero-order chi connectivity index (χ0) is 19.9. The lowest BCUT2D eigenvalue weighted by Gasteiger charge is -2.05. The van der Waals surface area contributed by atoms with Crippen LogP contribution in [0.15, 0.2) is 53.6 Å². The maximum atomic E-state index is 12.1. The number of ether oxygens (including phenoxy) is 1. The number of para-hydroxylation sites is 1. The molecule has 0 unspecified atom stereocenters. The van der Waals surface area contributed by atoms with Gasteiger partial charge in [-0.05, 0) is 49.7 Å². The summed E-state index contributed by atoms with van der Waals surface area (Å²) in [5, 5.41) is 8.19. The number of thiazole rings is 1. The van der Waals surface area contributed by atoms with E-state index in [0.29, 0.717) is 33.1 Å². The molecule has 3 aromatic rings. The summed E-state index contributed by atoms with van der Waals surface area (Å²) >= 11 is 7.52. The highest BCUT2D eigenvalue weighted by Gasteiger charge is 2.09. The van der Waals surface area contributed by atoms with E-state index in [-0.39, 0.29) is 5.91 Å². The second-order valence-electron chi connectivity index (χ2n) is 5.77. The van der Waals surface area contributed by atoms with Gasteiger partial charge in [0.15, 0.2) is 10.3 Å². The Morgan fingerprint density at radius 3 is 2.71 bits per heavy atom. The van der Waals surface area contributed by atoms with Crippen molar-refractivity contribution in [3.8, 4) is 5.75 Å². The molecule has 0 fully saturated rings. The van der Waals surface area contributed by atoms with Gasteiger partial charge in [-0.1, -0.05) is 41.1 Å². The number of amides is 1. The molecule has 8 heteroatoms. The van der Waals surface area contributed by atoms with Crippen LogP contribution in [0.2, 0.25) is 5.15 Å². The molecule has 2 N–H and O–H groups in total. The maximum Gasteiger partial charge on any atom is 0.271 e. The van der Waals surface area contributed by atoms with Crippen molar-refractivity contribution in [1.82, 2.24) is 10.4 Å². The maximum absolute atomic E-state index is 12.1. The minimum absolute atomic E-state index is 0.320. The number of carbonyl (C=O) groups is 1. The van der Waals surface area contributed by atoms with Gasteiger partial charge in [0.2, 0.25) is 0 Å². The highest BCUT2D eigenvalue weighted by atomic mass is 35.5. The van der Waals surface area contributed by atoms with E-state index in [2.05, 4.69) is 20.8 Å². The molecule has 0 aliphatic heterocycles. The second-order valence-corrected chi connectivity index (χ2v) is 7.16. The van der Waals surface area contributed by atoms with Gasteiger partial charge in [-0.25, -0.2) is 10.4 Å². The molecule has 1 heterocycles. The summed E-state index contributed by atoms with van der Waals surface area (Å²) in [5.41, 5.74) is 5.03. The fraction of sp³-hybridized carbons (Fsp3) is 0.150. The standard InChI is InChI=1S/C20H19ClN4O2S/c1-3-27-15-10-8-14(9-11-15)19(26)25-22-12-17-18(21)24-20(28-17)23-16-7-5-4-6-13(16)2/h4-12H,3H2,1-2H3,(H,23,24)(H,25,26)/b22-12+. The minimum Gasteiger partial charge on any atom is -0.494 e. The molecule has 0 bridgehead atoms. The van der Waals surface area contributed by atoms with Gasteiger partial charge < -0.3 is 10.1 Å². The first-order valence-corrected chi connectivity index (χ1v) is 9.81. The van der Waals surface area contributed by atoms with Crippen LogP contribution in [0.3, 0.4) is 0 Å². The molecule has 3 rings (SSSR count). The number of anilines is 2. The number of rotatable bonds is 7. The molecule has 0 atom stereocenters. The molecule has 0 radical (unpaired) electrons. The Morgan fingerprint density at radius 2 is 2.00 bits per heavy atom. The van der Waals surface area contributed by atoms with Gasteiger partial charge in [0.25, 0.3) is 5.91 Å². The number of nitrogens with zero attached hydrogens (tertiary/aromatic N) is 2. The van der Waals surface area contributed by atoms with Gasteiger partial charge in [-0.2, -0.15) is 5.10 Å². The molecular formula is C20H19ClN4O2S. The van der Waals surface area contributed by atoms with Crippen LogP contribution in [-0.4, -0.2) is 23.7 Å². The van der Waals surface area contributed by atoms with Crippen LogP contribution in [-0.2, 0) is 0 Å². The van der Waals surface area contributed by atoms with E-state index in [0.717, 1.165) is 11.3 Å². The van der Waals surface area contributed by atoms with Crippen LogP contribution < -0.4 is 15.5 Å². The first-order valence-electron chi connectivity index (χ1n) is 8.62. The first-order chi connectivity index (χ1) is 13.6. The summed E-state index contributed by atoms with van der Waals surface area (Å²) in [6.07, 6.45) is 1.48. The molecule has 28 heavy (non-hydrogen) atoms. The summed E-state index contributed by atoms with van der Waals surface area (Å²) in [7, 11) is 0. The van der Waals surface area contributed by atoms with Crippen LogP contribution in [0.1, 0.15) is 27.7 Å². The number of aryl methyl sites for hydroxylation is 1.